The smallest absolute Gasteiger partial charge is 0.315 e. The van der Waals surface area contributed by atoms with Crippen molar-refractivity contribution < 1.29 is 9.59 Å². The summed E-state index contributed by atoms with van der Waals surface area (Å²) < 4.78 is 1.82. The summed E-state index contributed by atoms with van der Waals surface area (Å²) in [4.78, 5) is 23.4. The van der Waals surface area contributed by atoms with Crippen LogP contribution >= 0.6 is 0 Å². The Balaban J connectivity index is 1.63. The fourth-order valence-corrected chi connectivity index (χ4v) is 2.16. The maximum atomic E-state index is 11.7. The Labute approximate surface area is 118 Å². The molecule has 2 rings (SSSR count). The van der Waals surface area contributed by atoms with Gasteiger partial charge in [-0.2, -0.15) is 5.10 Å². The molecule has 1 aromatic rings. The van der Waals surface area contributed by atoms with E-state index in [0.717, 1.165) is 25.8 Å². The van der Waals surface area contributed by atoms with E-state index in [1.54, 1.807) is 6.20 Å². The maximum absolute atomic E-state index is 11.7. The van der Waals surface area contributed by atoms with Gasteiger partial charge in [0.05, 0.1) is 0 Å². The van der Waals surface area contributed by atoms with Crippen LogP contribution in [-0.2, 0) is 11.3 Å². The van der Waals surface area contributed by atoms with Gasteiger partial charge in [-0.05, 0) is 31.7 Å². The fraction of sp³-hybridized carbons (Fsp3) is 0.615. The molecule has 110 valence electrons. The quantitative estimate of drug-likeness (QED) is 0.675. The third-order valence-corrected chi connectivity index (χ3v) is 3.25. The summed E-state index contributed by atoms with van der Waals surface area (Å²) in [5, 5.41) is 12.4. The molecule has 3 amide bonds. The summed E-state index contributed by atoms with van der Waals surface area (Å²) in [5.41, 5.74) is 0. The molecule has 2 heterocycles. The predicted octanol–water partition coefficient (Wildman–Crippen LogP) is 0.241. The molecule has 1 unspecified atom stereocenters. The molecule has 1 saturated heterocycles. The van der Waals surface area contributed by atoms with Crippen LogP contribution in [0.4, 0.5) is 4.79 Å². The van der Waals surface area contributed by atoms with Crippen molar-refractivity contribution in [1.82, 2.24) is 25.7 Å². The van der Waals surface area contributed by atoms with Crippen LogP contribution in [0, 0.1) is 0 Å². The molecule has 0 radical (unpaired) electrons. The van der Waals surface area contributed by atoms with Gasteiger partial charge in [-0.15, -0.1) is 0 Å². The van der Waals surface area contributed by atoms with Crippen LogP contribution in [0.5, 0.6) is 0 Å². The molecule has 0 spiro atoms. The number of aromatic nitrogens is 2. The summed E-state index contributed by atoms with van der Waals surface area (Å²) in [6, 6.07) is 1.17. The molecule has 1 aliphatic rings. The molecule has 1 aliphatic heterocycles. The zero-order valence-electron chi connectivity index (χ0n) is 11.5. The van der Waals surface area contributed by atoms with Gasteiger partial charge in [0.25, 0.3) is 0 Å². The number of aryl methyl sites for hydroxylation is 1. The third kappa shape index (κ3) is 4.56. The van der Waals surface area contributed by atoms with E-state index in [2.05, 4.69) is 21.0 Å². The zero-order valence-corrected chi connectivity index (χ0v) is 11.5. The van der Waals surface area contributed by atoms with Gasteiger partial charge in [0.15, 0.2) is 0 Å². The highest BCUT2D eigenvalue weighted by atomic mass is 16.2. The van der Waals surface area contributed by atoms with Gasteiger partial charge in [-0.25, -0.2) is 4.79 Å². The summed E-state index contributed by atoms with van der Waals surface area (Å²) >= 11 is 0. The lowest BCUT2D eigenvalue weighted by atomic mass is 10.1. The van der Waals surface area contributed by atoms with Crippen molar-refractivity contribution in [2.45, 2.75) is 38.3 Å². The fourth-order valence-electron chi connectivity index (χ4n) is 2.16. The number of nitrogens with one attached hydrogen (secondary N) is 3. The topological polar surface area (TPSA) is 88.1 Å². The highest BCUT2D eigenvalue weighted by molar-refractivity contribution is 5.87. The Morgan fingerprint density at radius 2 is 2.40 bits per heavy atom. The van der Waals surface area contributed by atoms with Gasteiger partial charge in [-0.1, -0.05) is 0 Å². The van der Waals surface area contributed by atoms with Crippen LogP contribution in [0.3, 0.4) is 0 Å². The molecule has 1 atom stereocenters. The minimum Gasteiger partial charge on any atom is -0.354 e. The Hall–Kier alpha value is -2.05. The van der Waals surface area contributed by atoms with Crippen LogP contribution in [0.15, 0.2) is 18.5 Å². The summed E-state index contributed by atoms with van der Waals surface area (Å²) in [5.74, 6) is -0.0887. The van der Waals surface area contributed by atoms with E-state index in [1.807, 2.05) is 16.9 Å². The highest BCUT2D eigenvalue weighted by Gasteiger charge is 2.21. The third-order valence-electron chi connectivity index (χ3n) is 3.25. The SMILES string of the molecule is O=C(NCCCn1cccn1)NC1CCCCNC1=O. The normalized spacial score (nSPS) is 19.0. The summed E-state index contributed by atoms with van der Waals surface area (Å²) in [6.07, 6.45) is 7.03. The number of rotatable bonds is 5. The second-order valence-corrected chi connectivity index (χ2v) is 4.86. The first kappa shape index (κ1) is 14.4. The van der Waals surface area contributed by atoms with Crippen molar-refractivity contribution >= 4 is 11.9 Å². The van der Waals surface area contributed by atoms with Gasteiger partial charge in [0.2, 0.25) is 5.91 Å². The second-order valence-electron chi connectivity index (χ2n) is 4.86. The van der Waals surface area contributed by atoms with E-state index in [0.29, 0.717) is 19.5 Å². The van der Waals surface area contributed by atoms with Crippen molar-refractivity contribution in [3.8, 4) is 0 Å². The van der Waals surface area contributed by atoms with Crippen LogP contribution in [0.2, 0.25) is 0 Å². The van der Waals surface area contributed by atoms with Gasteiger partial charge in [-0.3, -0.25) is 9.48 Å². The average Bonchev–Trinajstić information content (AvgIpc) is 2.87. The zero-order chi connectivity index (χ0) is 14.2. The number of carbonyl (C=O) groups excluding carboxylic acids is 2. The monoisotopic (exact) mass is 279 g/mol. The number of hydrogen-bond donors (Lipinski definition) is 3. The Kier molecular flexibility index (Phi) is 5.40. The lowest BCUT2D eigenvalue weighted by molar-refractivity contribution is -0.122. The first-order valence-electron chi connectivity index (χ1n) is 7.05. The Morgan fingerprint density at radius 1 is 1.50 bits per heavy atom. The minimum absolute atomic E-state index is 0.0887. The lowest BCUT2D eigenvalue weighted by Gasteiger charge is -2.15. The molecule has 0 saturated carbocycles. The van der Waals surface area contributed by atoms with Crippen molar-refractivity contribution in [2.24, 2.45) is 0 Å². The molecule has 0 bridgehead atoms. The number of nitrogens with zero attached hydrogens (tertiary/aromatic N) is 2. The molecule has 7 nitrogen and oxygen atoms in total. The van der Waals surface area contributed by atoms with Crippen LogP contribution < -0.4 is 16.0 Å². The van der Waals surface area contributed by atoms with Crippen molar-refractivity contribution in [3.63, 3.8) is 0 Å². The standard InChI is InChI=1S/C13H21N5O2/c19-12-11(5-1-2-6-14-12)17-13(20)15-7-3-9-18-10-4-8-16-18/h4,8,10-11H,1-3,5-7,9H2,(H,14,19)(H2,15,17,20). The molecule has 20 heavy (non-hydrogen) atoms. The minimum atomic E-state index is -0.413. The molecule has 7 heteroatoms. The first-order valence-corrected chi connectivity index (χ1v) is 7.05. The van der Waals surface area contributed by atoms with Crippen molar-refractivity contribution in [3.05, 3.63) is 18.5 Å². The molecule has 1 fully saturated rings. The molecular formula is C13H21N5O2. The molecule has 0 aliphatic carbocycles. The lowest BCUT2D eigenvalue weighted by Crippen LogP contribution is -2.49. The largest absolute Gasteiger partial charge is 0.354 e. The van der Waals surface area contributed by atoms with E-state index in [9.17, 15) is 9.59 Å². The van der Waals surface area contributed by atoms with Gasteiger partial charge >= 0.3 is 6.03 Å². The van der Waals surface area contributed by atoms with Crippen molar-refractivity contribution in [2.75, 3.05) is 13.1 Å². The van der Waals surface area contributed by atoms with E-state index < -0.39 is 6.04 Å². The van der Waals surface area contributed by atoms with Crippen LogP contribution in [0.1, 0.15) is 25.7 Å². The maximum Gasteiger partial charge on any atom is 0.315 e. The Bertz CT molecular complexity index is 432. The Morgan fingerprint density at radius 3 is 3.20 bits per heavy atom. The van der Waals surface area contributed by atoms with Crippen LogP contribution in [-0.4, -0.2) is 40.9 Å². The highest BCUT2D eigenvalue weighted by Crippen LogP contribution is 2.04. The number of amides is 3. The van der Waals surface area contributed by atoms with Gasteiger partial charge in [0.1, 0.15) is 6.04 Å². The van der Waals surface area contributed by atoms with Crippen molar-refractivity contribution in [1.29, 1.82) is 0 Å². The molecule has 3 N–H and O–H groups in total. The second kappa shape index (κ2) is 7.52. The van der Waals surface area contributed by atoms with E-state index in [-0.39, 0.29) is 11.9 Å². The number of carbonyl (C=O) groups is 2. The van der Waals surface area contributed by atoms with E-state index in [1.165, 1.54) is 0 Å². The summed E-state index contributed by atoms with van der Waals surface area (Å²) in [6.45, 7) is 2.01. The summed E-state index contributed by atoms with van der Waals surface area (Å²) in [7, 11) is 0. The first-order chi connectivity index (χ1) is 9.75. The predicted molar refractivity (Wildman–Crippen MR) is 74.0 cm³/mol. The van der Waals surface area contributed by atoms with E-state index >= 15 is 0 Å². The molecular weight excluding hydrogens is 258 g/mol. The van der Waals surface area contributed by atoms with Crippen LogP contribution in [0.25, 0.3) is 0 Å². The molecule has 0 aromatic carbocycles. The average molecular weight is 279 g/mol. The van der Waals surface area contributed by atoms with Gasteiger partial charge in [0, 0.05) is 32.0 Å². The van der Waals surface area contributed by atoms with Gasteiger partial charge < -0.3 is 16.0 Å². The van der Waals surface area contributed by atoms with E-state index in [4.69, 9.17) is 0 Å². The number of hydrogen-bond acceptors (Lipinski definition) is 3. The molecule has 1 aromatic heterocycles. The number of urea groups is 1.